The number of nitriles is 1. The molecule has 4 bridgehead atoms. The maximum Gasteiger partial charge on any atom is 0.266 e. The Labute approximate surface area is 179 Å². The molecule has 0 unspecified atom stereocenters. The van der Waals surface area contributed by atoms with Crippen molar-refractivity contribution in [2.75, 3.05) is 26.2 Å². The number of rotatable bonds is 5. The molecule has 0 aromatic heterocycles. The number of carbonyl (C=O) groups excluding carboxylic acids is 1. The van der Waals surface area contributed by atoms with E-state index in [2.05, 4.69) is 40.6 Å². The number of piperazine rings is 1. The van der Waals surface area contributed by atoms with E-state index >= 15 is 0 Å². The Balaban J connectivity index is 1.18. The average molecular weight is 405 g/mol. The summed E-state index contributed by atoms with van der Waals surface area (Å²) in [6, 6.07) is 12.6. The lowest BCUT2D eigenvalue weighted by molar-refractivity contribution is -0.128. The van der Waals surface area contributed by atoms with Gasteiger partial charge in [-0.05, 0) is 61.8 Å². The Morgan fingerprint density at radius 3 is 2.20 bits per heavy atom. The van der Waals surface area contributed by atoms with Crippen LogP contribution in [-0.2, 0) is 11.3 Å². The topological polar surface area (TPSA) is 59.4 Å². The second-order valence-corrected chi connectivity index (χ2v) is 10.1. The Bertz CT molecular complexity index is 812. The highest BCUT2D eigenvalue weighted by Gasteiger charge is 2.50. The minimum absolute atomic E-state index is 0.117. The molecule has 6 rings (SSSR count). The molecule has 0 spiro atoms. The van der Waals surface area contributed by atoms with Crippen LogP contribution in [-0.4, -0.2) is 47.4 Å². The fraction of sp³-hybridized carbons (Fsp3) is 0.600. The van der Waals surface area contributed by atoms with Crippen LogP contribution < -0.4 is 5.32 Å². The van der Waals surface area contributed by atoms with Gasteiger partial charge in [0.25, 0.3) is 5.91 Å². The standard InChI is InChI=1S/C25H32N4O/c26-16-23(17-27-25-13-20-10-21(14-25)12-22(11-20)15-25)24(30)29-8-6-28(7-9-29)18-19-4-2-1-3-5-19/h1-5,17,20-22,27H,6-15,18H2/b23-17-. The average Bonchev–Trinajstić information content (AvgIpc) is 2.74. The number of carbonyl (C=O) groups is 1. The third-order valence-corrected chi connectivity index (χ3v) is 7.82. The van der Waals surface area contributed by atoms with Crippen molar-refractivity contribution >= 4 is 5.91 Å². The molecule has 1 aromatic carbocycles. The number of amides is 1. The van der Waals surface area contributed by atoms with Crippen LogP contribution >= 0.6 is 0 Å². The van der Waals surface area contributed by atoms with Gasteiger partial charge in [0.2, 0.25) is 0 Å². The van der Waals surface area contributed by atoms with Gasteiger partial charge in [-0.1, -0.05) is 30.3 Å². The molecule has 5 fully saturated rings. The highest BCUT2D eigenvalue weighted by molar-refractivity contribution is 5.97. The molecular formula is C25H32N4O. The minimum Gasteiger partial charge on any atom is -0.384 e. The number of benzene rings is 1. The maximum absolute atomic E-state index is 13.0. The molecular weight excluding hydrogens is 372 g/mol. The zero-order valence-electron chi connectivity index (χ0n) is 17.7. The highest BCUT2D eigenvalue weighted by atomic mass is 16.2. The number of hydrogen-bond acceptors (Lipinski definition) is 4. The van der Waals surface area contributed by atoms with Crippen molar-refractivity contribution in [3.8, 4) is 6.07 Å². The van der Waals surface area contributed by atoms with Gasteiger partial charge in [-0.25, -0.2) is 0 Å². The molecule has 1 N–H and O–H groups in total. The maximum atomic E-state index is 13.0. The normalized spacial score (nSPS) is 33.4. The van der Waals surface area contributed by atoms with Crippen molar-refractivity contribution in [3.05, 3.63) is 47.7 Å². The van der Waals surface area contributed by atoms with E-state index in [0.29, 0.717) is 13.1 Å². The molecule has 0 radical (unpaired) electrons. The van der Waals surface area contributed by atoms with Crippen molar-refractivity contribution in [1.82, 2.24) is 15.1 Å². The highest BCUT2D eigenvalue weighted by Crippen LogP contribution is 2.55. The van der Waals surface area contributed by atoms with Crippen LogP contribution in [0.25, 0.3) is 0 Å². The largest absolute Gasteiger partial charge is 0.384 e. The van der Waals surface area contributed by atoms with Crippen molar-refractivity contribution in [2.24, 2.45) is 17.8 Å². The van der Waals surface area contributed by atoms with Crippen molar-refractivity contribution in [2.45, 2.75) is 50.6 Å². The molecule has 1 aliphatic heterocycles. The lowest BCUT2D eigenvalue weighted by Crippen LogP contribution is -2.57. The third kappa shape index (κ3) is 3.98. The van der Waals surface area contributed by atoms with E-state index in [-0.39, 0.29) is 17.0 Å². The number of hydrogen-bond donors (Lipinski definition) is 1. The van der Waals surface area contributed by atoms with Crippen LogP contribution in [0.4, 0.5) is 0 Å². The van der Waals surface area contributed by atoms with Crippen LogP contribution in [0.3, 0.4) is 0 Å². The summed E-state index contributed by atoms with van der Waals surface area (Å²) in [4.78, 5) is 17.2. The first-order valence-electron chi connectivity index (χ1n) is 11.6. The van der Waals surface area contributed by atoms with Crippen molar-refractivity contribution in [3.63, 3.8) is 0 Å². The fourth-order valence-electron chi connectivity index (χ4n) is 6.78. The number of nitrogens with zero attached hydrogens (tertiary/aromatic N) is 3. The molecule has 1 amide bonds. The first-order valence-corrected chi connectivity index (χ1v) is 11.6. The van der Waals surface area contributed by atoms with Gasteiger partial charge in [-0.2, -0.15) is 5.26 Å². The van der Waals surface area contributed by atoms with Gasteiger partial charge in [0.1, 0.15) is 11.6 Å². The molecule has 30 heavy (non-hydrogen) atoms. The monoisotopic (exact) mass is 404 g/mol. The predicted molar refractivity (Wildman–Crippen MR) is 116 cm³/mol. The van der Waals surface area contributed by atoms with Crippen LogP contribution in [0.15, 0.2) is 42.1 Å². The van der Waals surface area contributed by atoms with Gasteiger partial charge >= 0.3 is 0 Å². The van der Waals surface area contributed by atoms with Crippen LogP contribution in [0.2, 0.25) is 0 Å². The lowest BCUT2D eigenvalue weighted by Gasteiger charge is -2.57. The summed E-state index contributed by atoms with van der Waals surface area (Å²) in [6.45, 7) is 3.98. The molecule has 0 atom stereocenters. The summed E-state index contributed by atoms with van der Waals surface area (Å²) in [5.41, 5.74) is 1.70. The molecule has 4 aliphatic carbocycles. The van der Waals surface area contributed by atoms with Crippen LogP contribution in [0.5, 0.6) is 0 Å². The van der Waals surface area contributed by atoms with Gasteiger partial charge in [0.05, 0.1) is 0 Å². The summed E-state index contributed by atoms with van der Waals surface area (Å²) in [5, 5.41) is 13.3. The van der Waals surface area contributed by atoms with Crippen molar-refractivity contribution in [1.29, 1.82) is 5.26 Å². The molecule has 1 saturated heterocycles. The molecule has 5 heteroatoms. The van der Waals surface area contributed by atoms with Crippen LogP contribution in [0, 0.1) is 29.1 Å². The van der Waals surface area contributed by atoms with E-state index in [4.69, 9.17) is 0 Å². The van der Waals surface area contributed by atoms with Gasteiger partial charge in [0, 0.05) is 44.5 Å². The Morgan fingerprint density at radius 2 is 1.63 bits per heavy atom. The Kier molecular flexibility index (Phi) is 5.28. The van der Waals surface area contributed by atoms with E-state index in [1.165, 1.54) is 44.1 Å². The van der Waals surface area contributed by atoms with Gasteiger partial charge in [-0.3, -0.25) is 9.69 Å². The zero-order chi connectivity index (χ0) is 20.6. The first-order chi connectivity index (χ1) is 14.6. The first kappa shape index (κ1) is 19.6. The predicted octanol–water partition coefficient (Wildman–Crippen LogP) is 3.30. The summed E-state index contributed by atoms with van der Waals surface area (Å²) in [7, 11) is 0. The molecule has 5 aliphatic rings. The van der Waals surface area contributed by atoms with E-state index in [1.54, 1.807) is 6.20 Å². The van der Waals surface area contributed by atoms with Crippen LogP contribution in [0.1, 0.15) is 44.1 Å². The van der Waals surface area contributed by atoms with Gasteiger partial charge < -0.3 is 10.2 Å². The minimum atomic E-state index is -0.117. The Morgan fingerprint density at radius 1 is 1.03 bits per heavy atom. The van der Waals surface area contributed by atoms with Gasteiger partial charge in [0.15, 0.2) is 0 Å². The smallest absolute Gasteiger partial charge is 0.266 e. The summed E-state index contributed by atoms with van der Waals surface area (Å²) in [5.74, 6) is 2.41. The molecule has 5 nitrogen and oxygen atoms in total. The van der Waals surface area contributed by atoms with Crippen molar-refractivity contribution < 1.29 is 4.79 Å². The second-order valence-electron chi connectivity index (χ2n) is 10.1. The lowest BCUT2D eigenvalue weighted by atomic mass is 9.53. The van der Waals surface area contributed by atoms with Gasteiger partial charge in [-0.15, -0.1) is 0 Å². The van der Waals surface area contributed by atoms with E-state index in [1.807, 2.05) is 11.0 Å². The van der Waals surface area contributed by atoms with E-state index < -0.39 is 0 Å². The quantitative estimate of drug-likeness (QED) is 0.604. The second kappa shape index (κ2) is 8.07. The van der Waals surface area contributed by atoms with E-state index in [0.717, 1.165) is 37.4 Å². The molecule has 158 valence electrons. The van der Waals surface area contributed by atoms with E-state index in [9.17, 15) is 10.1 Å². The fourth-order valence-corrected chi connectivity index (χ4v) is 6.78. The zero-order valence-corrected chi connectivity index (χ0v) is 17.7. The summed E-state index contributed by atoms with van der Waals surface area (Å²) in [6.07, 6.45) is 9.55. The third-order valence-electron chi connectivity index (χ3n) is 7.82. The Hall–Kier alpha value is -2.32. The SMILES string of the molecule is N#C/C(=C/NC12CC3CC(CC(C3)C1)C2)C(=O)N1CCN(Cc2ccccc2)CC1. The molecule has 1 heterocycles. The number of nitrogens with one attached hydrogen (secondary N) is 1. The molecule has 4 saturated carbocycles. The summed E-state index contributed by atoms with van der Waals surface area (Å²) < 4.78 is 0. The molecule has 1 aromatic rings. The summed E-state index contributed by atoms with van der Waals surface area (Å²) >= 11 is 0.